The average Bonchev–Trinajstić information content (AvgIpc) is 3.12. The first-order valence-electron chi connectivity index (χ1n) is 8.90. The molecule has 1 saturated heterocycles. The summed E-state index contributed by atoms with van der Waals surface area (Å²) in [4.78, 5) is 31.5. The van der Waals surface area contributed by atoms with Gasteiger partial charge >= 0.3 is 0 Å². The van der Waals surface area contributed by atoms with Crippen LogP contribution in [0.5, 0.6) is 0 Å². The second kappa shape index (κ2) is 6.74. The van der Waals surface area contributed by atoms with Crippen molar-refractivity contribution >= 4 is 11.7 Å². The summed E-state index contributed by atoms with van der Waals surface area (Å²) in [5.74, 6) is 1.02. The summed E-state index contributed by atoms with van der Waals surface area (Å²) < 4.78 is 1.94. The number of hydrogen-bond acceptors (Lipinski definition) is 5. The molecule has 1 fully saturated rings. The van der Waals surface area contributed by atoms with Crippen LogP contribution in [0, 0.1) is 5.92 Å². The number of pyridine rings is 1. The third-order valence-corrected chi connectivity index (χ3v) is 5.05. The smallest absolute Gasteiger partial charge is 0.291 e. The lowest BCUT2D eigenvalue weighted by Gasteiger charge is -2.31. The largest absolute Gasteiger partial charge is 0.335 e. The van der Waals surface area contributed by atoms with Gasteiger partial charge in [0.15, 0.2) is 5.78 Å². The van der Waals surface area contributed by atoms with Crippen molar-refractivity contribution in [2.75, 3.05) is 13.1 Å². The fraction of sp³-hybridized carbons (Fsp3) is 0.500. The Hall–Kier alpha value is -2.57. The van der Waals surface area contributed by atoms with Crippen LogP contribution in [-0.2, 0) is 13.0 Å². The van der Waals surface area contributed by atoms with E-state index in [-0.39, 0.29) is 17.6 Å². The van der Waals surface area contributed by atoms with E-state index >= 15 is 0 Å². The van der Waals surface area contributed by atoms with E-state index in [1.807, 2.05) is 10.6 Å². The van der Waals surface area contributed by atoms with Gasteiger partial charge in [0.1, 0.15) is 11.5 Å². The molecule has 2 aliphatic heterocycles. The molecule has 0 N–H and O–H groups in total. The molecule has 0 aliphatic carbocycles. The number of hydrogen-bond donors (Lipinski definition) is 0. The van der Waals surface area contributed by atoms with Gasteiger partial charge < -0.3 is 9.47 Å². The van der Waals surface area contributed by atoms with E-state index in [0.717, 1.165) is 44.5 Å². The van der Waals surface area contributed by atoms with Crippen molar-refractivity contribution < 1.29 is 9.59 Å². The van der Waals surface area contributed by atoms with E-state index in [1.165, 1.54) is 0 Å². The molecule has 0 bridgehead atoms. The fourth-order valence-corrected chi connectivity index (χ4v) is 3.70. The third kappa shape index (κ3) is 3.06. The number of aromatic nitrogens is 4. The van der Waals surface area contributed by atoms with Gasteiger partial charge in [-0.2, -0.15) is 0 Å². The van der Waals surface area contributed by atoms with Gasteiger partial charge in [-0.15, -0.1) is 10.2 Å². The number of piperidine rings is 1. The highest BCUT2D eigenvalue weighted by Gasteiger charge is 2.32. The maximum Gasteiger partial charge on any atom is 0.291 e. The van der Waals surface area contributed by atoms with Crippen LogP contribution in [0.4, 0.5) is 0 Å². The quantitative estimate of drug-likeness (QED) is 0.796. The van der Waals surface area contributed by atoms with Gasteiger partial charge in [0, 0.05) is 38.2 Å². The van der Waals surface area contributed by atoms with Crippen LogP contribution < -0.4 is 0 Å². The van der Waals surface area contributed by atoms with Crippen molar-refractivity contribution in [3.8, 4) is 0 Å². The number of likely N-dealkylation sites (tertiary alicyclic amines) is 1. The molecule has 0 spiro atoms. The lowest BCUT2D eigenvalue weighted by atomic mass is 9.92. The van der Waals surface area contributed by atoms with E-state index in [4.69, 9.17) is 0 Å². The Balaban J connectivity index is 1.50. The Morgan fingerprint density at radius 3 is 2.84 bits per heavy atom. The second-order valence-electron chi connectivity index (χ2n) is 6.72. The molecule has 2 aromatic rings. The van der Waals surface area contributed by atoms with Crippen LogP contribution in [0.1, 0.15) is 52.6 Å². The van der Waals surface area contributed by atoms with Gasteiger partial charge in [-0.05, 0) is 37.8 Å². The molecule has 4 heterocycles. The van der Waals surface area contributed by atoms with Crippen LogP contribution in [-0.4, -0.2) is 49.4 Å². The predicted molar refractivity (Wildman–Crippen MR) is 90.2 cm³/mol. The zero-order valence-corrected chi connectivity index (χ0v) is 14.1. The van der Waals surface area contributed by atoms with Crippen LogP contribution >= 0.6 is 0 Å². The molecule has 7 nitrogen and oxygen atoms in total. The standard InChI is InChI=1S/C18H21N5O2/c24-16(14-7-1-3-9-19-14)13-6-5-10-22(12-13)18(25)17-21-20-15-8-2-4-11-23(15)17/h1,3,7,9,13H,2,4-6,8,10-12H2. The van der Waals surface area contributed by atoms with E-state index in [2.05, 4.69) is 15.2 Å². The summed E-state index contributed by atoms with van der Waals surface area (Å²) in [7, 11) is 0. The molecule has 1 amide bonds. The zero-order chi connectivity index (χ0) is 17.2. The first-order valence-corrected chi connectivity index (χ1v) is 8.90. The first-order chi connectivity index (χ1) is 12.2. The molecule has 4 rings (SSSR count). The third-order valence-electron chi connectivity index (χ3n) is 5.05. The highest BCUT2D eigenvalue weighted by atomic mass is 16.2. The number of fused-ring (bicyclic) bond motifs is 1. The van der Waals surface area contributed by atoms with Gasteiger partial charge in [0.05, 0.1) is 0 Å². The Morgan fingerprint density at radius 2 is 2.00 bits per heavy atom. The molecule has 0 radical (unpaired) electrons. The van der Waals surface area contributed by atoms with Crippen LogP contribution in [0.15, 0.2) is 24.4 Å². The first kappa shape index (κ1) is 15.9. The Bertz CT molecular complexity index is 786. The molecule has 7 heteroatoms. The molecule has 1 atom stereocenters. The summed E-state index contributed by atoms with van der Waals surface area (Å²) in [5, 5.41) is 8.29. The van der Waals surface area contributed by atoms with Crippen molar-refractivity contribution in [3.63, 3.8) is 0 Å². The average molecular weight is 339 g/mol. The molecule has 0 aromatic carbocycles. The molecule has 1 unspecified atom stereocenters. The van der Waals surface area contributed by atoms with Crippen LogP contribution in [0.25, 0.3) is 0 Å². The number of rotatable bonds is 3. The molecule has 0 saturated carbocycles. The molecular weight excluding hydrogens is 318 g/mol. The predicted octanol–water partition coefficient (Wildman–Crippen LogP) is 1.74. The van der Waals surface area contributed by atoms with Crippen molar-refractivity contribution in [1.29, 1.82) is 0 Å². The maximum absolute atomic E-state index is 12.9. The van der Waals surface area contributed by atoms with Gasteiger partial charge in [0.2, 0.25) is 5.82 Å². The van der Waals surface area contributed by atoms with E-state index in [9.17, 15) is 9.59 Å². The van der Waals surface area contributed by atoms with Crippen molar-refractivity contribution in [2.24, 2.45) is 5.92 Å². The summed E-state index contributed by atoms with van der Waals surface area (Å²) >= 11 is 0. The Kier molecular flexibility index (Phi) is 4.29. The number of ketones is 1. The summed E-state index contributed by atoms with van der Waals surface area (Å²) in [6, 6.07) is 5.34. The lowest BCUT2D eigenvalue weighted by molar-refractivity contribution is 0.0620. The van der Waals surface area contributed by atoms with Crippen LogP contribution in [0.2, 0.25) is 0 Å². The van der Waals surface area contributed by atoms with Crippen molar-refractivity contribution in [3.05, 3.63) is 41.7 Å². The number of carbonyl (C=O) groups excluding carboxylic acids is 2. The van der Waals surface area contributed by atoms with Gasteiger partial charge in [-0.3, -0.25) is 14.6 Å². The fourth-order valence-electron chi connectivity index (χ4n) is 3.70. The minimum absolute atomic E-state index is 0.0152. The summed E-state index contributed by atoms with van der Waals surface area (Å²) in [5.41, 5.74) is 0.474. The topological polar surface area (TPSA) is 81.0 Å². The number of nitrogens with zero attached hydrogens (tertiary/aromatic N) is 5. The van der Waals surface area contributed by atoms with Crippen molar-refractivity contribution in [1.82, 2.24) is 24.6 Å². The lowest BCUT2D eigenvalue weighted by Crippen LogP contribution is -2.43. The molecule has 130 valence electrons. The molecule has 2 aliphatic rings. The van der Waals surface area contributed by atoms with Gasteiger partial charge in [-0.1, -0.05) is 6.07 Å². The normalized spacial score (nSPS) is 20.2. The Labute approximate surface area is 146 Å². The summed E-state index contributed by atoms with van der Waals surface area (Å²) in [6.45, 7) is 1.89. The highest BCUT2D eigenvalue weighted by Crippen LogP contribution is 2.22. The SMILES string of the molecule is O=C(c1ccccn1)C1CCCN(C(=O)c2nnc3n2CCCC3)C1. The van der Waals surface area contributed by atoms with Crippen molar-refractivity contribution in [2.45, 2.75) is 38.6 Å². The molecule has 2 aromatic heterocycles. The zero-order valence-electron chi connectivity index (χ0n) is 14.1. The van der Waals surface area contributed by atoms with E-state index in [0.29, 0.717) is 24.6 Å². The second-order valence-corrected chi connectivity index (χ2v) is 6.72. The minimum atomic E-state index is -0.198. The van der Waals surface area contributed by atoms with Crippen LogP contribution in [0.3, 0.4) is 0 Å². The number of carbonyl (C=O) groups is 2. The number of Topliss-reactive ketones (excluding diaryl/α,β-unsaturated/α-hetero) is 1. The highest BCUT2D eigenvalue weighted by molar-refractivity contribution is 5.97. The van der Waals surface area contributed by atoms with E-state index < -0.39 is 0 Å². The Morgan fingerprint density at radius 1 is 1.08 bits per heavy atom. The maximum atomic E-state index is 12.9. The monoisotopic (exact) mass is 339 g/mol. The number of aryl methyl sites for hydroxylation is 1. The molecular formula is C18H21N5O2. The van der Waals surface area contributed by atoms with Gasteiger partial charge in [0.25, 0.3) is 5.91 Å². The molecule has 25 heavy (non-hydrogen) atoms. The van der Waals surface area contributed by atoms with E-state index in [1.54, 1.807) is 23.2 Å². The van der Waals surface area contributed by atoms with Gasteiger partial charge in [-0.25, -0.2) is 0 Å². The summed E-state index contributed by atoms with van der Waals surface area (Å²) in [6.07, 6.45) is 6.25. The minimum Gasteiger partial charge on any atom is -0.335 e. The number of amides is 1.